The van der Waals surface area contributed by atoms with Crippen LogP contribution in [0.1, 0.15) is 20.3 Å². The lowest BCUT2D eigenvalue weighted by molar-refractivity contribution is 0.291. The van der Waals surface area contributed by atoms with E-state index in [-0.39, 0.29) is 5.92 Å². The Morgan fingerprint density at radius 2 is 1.90 bits per heavy atom. The van der Waals surface area contributed by atoms with Crippen molar-refractivity contribution in [1.82, 2.24) is 19.1 Å². The van der Waals surface area contributed by atoms with Crippen molar-refractivity contribution >= 4 is 20.9 Å². The Kier molecular flexibility index (Phi) is 4.75. The molecular weight excluding hydrogens is 408 g/mol. The maximum atomic E-state index is 13.3. The number of hydrogen-bond donors (Lipinski definition) is 1. The van der Waals surface area contributed by atoms with E-state index < -0.39 is 15.6 Å². The van der Waals surface area contributed by atoms with Gasteiger partial charge in [-0.25, -0.2) is 8.42 Å². The summed E-state index contributed by atoms with van der Waals surface area (Å²) in [7, 11) is -3.52. The standard InChI is InChI=1S/C24H26N4O2S/c1-24(2)13-18(17-28(24)31(29,30)22-6-4-3-5-7-22)16-27-11-10-20-12-19(8-9-23(20)27)21-14-25-26-15-21/h3-12,14-15,18H,13,16-17H2,1-2H3,(H,25,26). The van der Waals surface area contributed by atoms with Crippen molar-refractivity contribution in [1.29, 1.82) is 0 Å². The molecule has 0 bridgehead atoms. The average molecular weight is 435 g/mol. The zero-order valence-electron chi connectivity index (χ0n) is 17.7. The van der Waals surface area contributed by atoms with Crippen molar-refractivity contribution in [2.75, 3.05) is 6.54 Å². The lowest BCUT2D eigenvalue weighted by Crippen LogP contribution is -2.42. The van der Waals surface area contributed by atoms with Crippen molar-refractivity contribution in [3.05, 3.63) is 73.2 Å². The number of aromatic amines is 1. The highest BCUT2D eigenvalue weighted by Crippen LogP contribution is 2.38. The Morgan fingerprint density at radius 1 is 1.10 bits per heavy atom. The third-order valence-corrected chi connectivity index (χ3v) is 8.37. The van der Waals surface area contributed by atoms with Gasteiger partial charge < -0.3 is 4.57 Å². The zero-order chi connectivity index (χ0) is 21.6. The van der Waals surface area contributed by atoms with Crippen LogP contribution < -0.4 is 0 Å². The van der Waals surface area contributed by atoms with Crippen LogP contribution in [0.2, 0.25) is 0 Å². The van der Waals surface area contributed by atoms with E-state index in [0.717, 1.165) is 29.6 Å². The molecule has 1 unspecified atom stereocenters. The molecule has 1 saturated heterocycles. The first-order valence-corrected chi connectivity index (χ1v) is 11.9. The van der Waals surface area contributed by atoms with Crippen LogP contribution in [0.15, 0.2) is 78.1 Å². The summed E-state index contributed by atoms with van der Waals surface area (Å²) in [4.78, 5) is 0.363. The smallest absolute Gasteiger partial charge is 0.243 e. The van der Waals surface area contributed by atoms with Crippen LogP contribution in [0.3, 0.4) is 0 Å². The van der Waals surface area contributed by atoms with Crippen LogP contribution in [-0.4, -0.2) is 39.6 Å². The lowest BCUT2D eigenvalue weighted by atomic mass is 9.97. The number of aromatic nitrogens is 3. The number of sulfonamides is 1. The van der Waals surface area contributed by atoms with Crippen molar-refractivity contribution in [2.24, 2.45) is 5.92 Å². The van der Waals surface area contributed by atoms with Gasteiger partial charge in [0.2, 0.25) is 10.0 Å². The minimum atomic E-state index is -3.52. The molecule has 1 fully saturated rings. The predicted octanol–water partition coefficient (Wildman–Crippen LogP) is 4.52. The topological polar surface area (TPSA) is 71.0 Å². The van der Waals surface area contributed by atoms with Crippen LogP contribution in [0.25, 0.3) is 22.0 Å². The fourth-order valence-electron chi connectivity index (χ4n) is 4.85. The maximum absolute atomic E-state index is 13.3. The Labute approximate surface area is 182 Å². The minimum absolute atomic E-state index is 0.248. The van der Waals surface area contributed by atoms with E-state index in [1.54, 1.807) is 28.6 Å². The second-order valence-corrected chi connectivity index (χ2v) is 10.8. The van der Waals surface area contributed by atoms with Gasteiger partial charge in [-0.15, -0.1) is 0 Å². The Morgan fingerprint density at radius 3 is 2.65 bits per heavy atom. The molecule has 0 aliphatic carbocycles. The van der Waals surface area contributed by atoms with E-state index in [1.807, 2.05) is 32.3 Å². The molecule has 1 aliphatic heterocycles. The molecule has 3 heterocycles. The second kappa shape index (κ2) is 7.35. The lowest BCUT2D eigenvalue weighted by Gasteiger charge is -2.30. The van der Waals surface area contributed by atoms with Gasteiger partial charge in [0.25, 0.3) is 0 Å². The highest BCUT2D eigenvalue weighted by atomic mass is 32.2. The largest absolute Gasteiger partial charge is 0.347 e. The summed E-state index contributed by atoms with van der Waals surface area (Å²) in [5.74, 6) is 0.248. The molecule has 2 aromatic carbocycles. The SMILES string of the molecule is CC1(C)CC(Cn2ccc3cc(-c4cn[nH]c4)ccc32)CN1S(=O)(=O)c1ccccc1. The molecule has 1 N–H and O–H groups in total. The number of rotatable bonds is 5. The summed E-state index contributed by atoms with van der Waals surface area (Å²) in [5, 5.41) is 8.06. The van der Waals surface area contributed by atoms with E-state index in [9.17, 15) is 8.42 Å². The first-order valence-electron chi connectivity index (χ1n) is 10.5. The van der Waals surface area contributed by atoms with E-state index in [0.29, 0.717) is 11.4 Å². The molecule has 2 aromatic heterocycles. The van der Waals surface area contributed by atoms with Gasteiger partial charge in [0, 0.05) is 47.5 Å². The predicted molar refractivity (Wildman–Crippen MR) is 122 cm³/mol. The van der Waals surface area contributed by atoms with Gasteiger partial charge in [-0.3, -0.25) is 5.10 Å². The Bertz CT molecular complexity index is 1310. The van der Waals surface area contributed by atoms with Crippen LogP contribution >= 0.6 is 0 Å². The van der Waals surface area contributed by atoms with E-state index in [1.165, 1.54) is 5.39 Å². The van der Waals surface area contributed by atoms with Crippen LogP contribution in [0.4, 0.5) is 0 Å². The third-order valence-electron chi connectivity index (χ3n) is 6.28. The van der Waals surface area contributed by atoms with Crippen molar-refractivity contribution < 1.29 is 8.42 Å². The van der Waals surface area contributed by atoms with Gasteiger partial charge in [0.1, 0.15) is 0 Å². The molecule has 4 aromatic rings. The quantitative estimate of drug-likeness (QED) is 0.502. The molecule has 7 heteroatoms. The molecule has 5 rings (SSSR count). The summed E-state index contributed by atoms with van der Waals surface area (Å²) < 4.78 is 30.5. The number of benzene rings is 2. The highest BCUT2D eigenvalue weighted by Gasteiger charge is 2.45. The Hall–Kier alpha value is -2.90. The van der Waals surface area contributed by atoms with Gasteiger partial charge >= 0.3 is 0 Å². The summed E-state index contributed by atoms with van der Waals surface area (Å²) in [5.41, 5.74) is 2.93. The number of nitrogens with zero attached hydrogens (tertiary/aromatic N) is 3. The molecule has 1 atom stereocenters. The number of nitrogens with one attached hydrogen (secondary N) is 1. The second-order valence-electron chi connectivity index (χ2n) is 8.96. The molecule has 6 nitrogen and oxygen atoms in total. The summed E-state index contributed by atoms with van der Waals surface area (Å²) in [6.45, 7) is 5.37. The molecule has 0 radical (unpaired) electrons. The van der Waals surface area contributed by atoms with Gasteiger partial charge in [-0.05, 0) is 62.1 Å². The molecule has 1 aliphatic rings. The Balaban J connectivity index is 1.39. The van der Waals surface area contributed by atoms with Crippen LogP contribution in [-0.2, 0) is 16.6 Å². The van der Waals surface area contributed by atoms with Crippen LogP contribution in [0.5, 0.6) is 0 Å². The van der Waals surface area contributed by atoms with Gasteiger partial charge in [-0.1, -0.05) is 24.3 Å². The molecule has 160 valence electrons. The number of H-pyrrole nitrogens is 1. The normalized spacial score (nSPS) is 19.2. The highest BCUT2D eigenvalue weighted by molar-refractivity contribution is 7.89. The first kappa shape index (κ1) is 20.0. The van der Waals surface area contributed by atoms with Crippen molar-refractivity contribution in [3.63, 3.8) is 0 Å². The fourth-order valence-corrected chi connectivity index (χ4v) is 6.73. The van der Waals surface area contributed by atoms with E-state index in [4.69, 9.17) is 0 Å². The number of hydrogen-bond acceptors (Lipinski definition) is 3. The molecular formula is C24H26N4O2S. The molecule has 0 saturated carbocycles. The average Bonchev–Trinajstić information content (AvgIpc) is 3.48. The van der Waals surface area contributed by atoms with Gasteiger partial charge in [0.05, 0.1) is 11.1 Å². The minimum Gasteiger partial charge on any atom is -0.347 e. The molecule has 31 heavy (non-hydrogen) atoms. The number of fused-ring (bicyclic) bond motifs is 1. The van der Waals surface area contributed by atoms with Crippen molar-refractivity contribution in [3.8, 4) is 11.1 Å². The maximum Gasteiger partial charge on any atom is 0.243 e. The molecule has 0 amide bonds. The molecule has 0 spiro atoms. The van der Waals surface area contributed by atoms with E-state index in [2.05, 4.69) is 45.2 Å². The van der Waals surface area contributed by atoms with Gasteiger partial charge in [-0.2, -0.15) is 9.40 Å². The van der Waals surface area contributed by atoms with Crippen molar-refractivity contribution in [2.45, 2.75) is 37.2 Å². The monoisotopic (exact) mass is 434 g/mol. The first-order chi connectivity index (χ1) is 14.8. The summed E-state index contributed by atoms with van der Waals surface area (Å²) in [6, 6.07) is 17.3. The summed E-state index contributed by atoms with van der Waals surface area (Å²) in [6.07, 6.45) is 6.64. The fraction of sp³-hybridized carbons (Fsp3) is 0.292. The zero-order valence-corrected chi connectivity index (χ0v) is 18.5. The van der Waals surface area contributed by atoms with Gasteiger partial charge in [0.15, 0.2) is 0 Å². The van der Waals surface area contributed by atoms with Crippen LogP contribution in [0, 0.1) is 5.92 Å². The third kappa shape index (κ3) is 3.58. The summed E-state index contributed by atoms with van der Waals surface area (Å²) >= 11 is 0. The van der Waals surface area contributed by atoms with E-state index >= 15 is 0 Å².